The quantitative estimate of drug-likeness (QED) is 0.674. The normalized spacial score (nSPS) is 11.8. The first-order chi connectivity index (χ1) is 9.15. The Morgan fingerprint density at radius 1 is 1.11 bits per heavy atom. The van der Waals surface area contributed by atoms with Gasteiger partial charge >= 0.3 is 5.97 Å². The van der Waals surface area contributed by atoms with Crippen LogP contribution >= 0.6 is 0 Å². The Hall–Kier alpha value is -2.29. The molecule has 2 N–H and O–H groups in total. The van der Waals surface area contributed by atoms with Gasteiger partial charge in [-0.1, -0.05) is 42.5 Å². The third kappa shape index (κ3) is 3.85. The van der Waals surface area contributed by atoms with Crippen molar-refractivity contribution in [2.24, 2.45) is 0 Å². The van der Waals surface area contributed by atoms with Crippen LogP contribution in [0.1, 0.15) is 24.2 Å². The highest BCUT2D eigenvalue weighted by molar-refractivity contribution is 5.73. The molecule has 0 aliphatic rings. The molecule has 0 radical (unpaired) electrons. The van der Waals surface area contributed by atoms with Crippen LogP contribution in [-0.4, -0.2) is 5.97 Å². The summed E-state index contributed by atoms with van der Waals surface area (Å²) in [5.74, 6) is -0.235. The number of nitrogen functional groups attached to an aromatic ring is 1. The van der Waals surface area contributed by atoms with Crippen molar-refractivity contribution in [2.45, 2.75) is 19.4 Å². The van der Waals surface area contributed by atoms with Crippen molar-refractivity contribution in [3.8, 4) is 0 Å². The lowest BCUT2D eigenvalue weighted by molar-refractivity contribution is -0.147. The van der Waals surface area contributed by atoms with Crippen molar-refractivity contribution in [2.75, 3.05) is 5.73 Å². The van der Waals surface area contributed by atoms with Crippen molar-refractivity contribution in [1.29, 1.82) is 0 Å². The van der Waals surface area contributed by atoms with Crippen LogP contribution in [0.15, 0.2) is 54.6 Å². The Bertz CT molecular complexity index is 534. The molecular weight excluding hydrogens is 238 g/mol. The first-order valence-corrected chi connectivity index (χ1v) is 6.24. The minimum atomic E-state index is -0.235. The molecule has 0 amide bonds. The van der Waals surface area contributed by atoms with Gasteiger partial charge in [0.25, 0.3) is 0 Å². The van der Waals surface area contributed by atoms with Gasteiger partial charge in [0.1, 0.15) is 6.10 Å². The van der Waals surface area contributed by atoms with Gasteiger partial charge in [0.05, 0.1) is 6.42 Å². The van der Waals surface area contributed by atoms with Crippen molar-refractivity contribution in [3.63, 3.8) is 0 Å². The predicted octanol–water partition coefficient (Wildman–Crippen LogP) is 3.12. The molecule has 0 aliphatic heterocycles. The molecule has 2 aromatic carbocycles. The molecule has 0 saturated heterocycles. The van der Waals surface area contributed by atoms with Crippen molar-refractivity contribution in [3.05, 3.63) is 65.7 Å². The van der Waals surface area contributed by atoms with Crippen LogP contribution in [0.3, 0.4) is 0 Å². The molecule has 1 atom stereocenters. The second-order valence-electron chi connectivity index (χ2n) is 4.46. The molecule has 0 saturated carbocycles. The van der Waals surface area contributed by atoms with E-state index in [1.54, 1.807) is 12.1 Å². The number of carbonyl (C=O) groups is 1. The maximum absolute atomic E-state index is 11.8. The molecule has 0 bridgehead atoms. The molecule has 0 aliphatic carbocycles. The smallest absolute Gasteiger partial charge is 0.310 e. The highest BCUT2D eigenvalue weighted by Gasteiger charge is 2.11. The van der Waals surface area contributed by atoms with Gasteiger partial charge < -0.3 is 10.5 Å². The van der Waals surface area contributed by atoms with Crippen LogP contribution in [0.4, 0.5) is 5.69 Å². The lowest BCUT2D eigenvalue weighted by atomic mass is 10.1. The van der Waals surface area contributed by atoms with E-state index in [0.29, 0.717) is 5.69 Å². The molecule has 0 fully saturated rings. The number of nitrogens with two attached hydrogens (primary N) is 1. The molecule has 3 heteroatoms. The van der Waals surface area contributed by atoms with E-state index in [9.17, 15) is 4.79 Å². The van der Waals surface area contributed by atoms with E-state index >= 15 is 0 Å². The van der Waals surface area contributed by atoms with Gasteiger partial charge in [0, 0.05) is 5.69 Å². The number of carbonyl (C=O) groups excluding carboxylic acids is 1. The Morgan fingerprint density at radius 2 is 1.74 bits per heavy atom. The van der Waals surface area contributed by atoms with Crippen LogP contribution in [-0.2, 0) is 16.0 Å². The summed E-state index contributed by atoms with van der Waals surface area (Å²) < 4.78 is 5.40. The number of hydrogen-bond donors (Lipinski definition) is 1. The summed E-state index contributed by atoms with van der Waals surface area (Å²) in [4.78, 5) is 11.8. The molecule has 0 aromatic heterocycles. The molecule has 98 valence electrons. The summed E-state index contributed by atoms with van der Waals surface area (Å²) >= 11 is 0. The van der Waals surface area contributed by atoms with Gasteiger partial charge in [0.2, 0.25) is 0 Å². The van der Waals surface area contributed by atoms with Crippen LogP contribution in [0.2, 0.25) is 0 Å². The third-order valence-electron chi connectivity index (χ3n) is 2.91. The maximum atomic E-state index is 11.8. The van der Waals surface area contributed by atoms with E-state index in [0.717, 1.165) is 11.1 Å². The summed E-state index contributed by atoms with van der Waals surface area (Å²) in [6.45, 7) is 1.87. The maximum Gasteiger partial charge on any atom is 0.310 e. The SMILES string of the molecule is CC(OC(=O)Cc1ccc(N)cc1)c1ccccc1. The van der Waals surface area contributed by atoms with E-state index in [4.69, 9.17) is 10.5 Å². The van der Waals surface area contributed by atoms with Crippen molar-refractivity contribution < 1.29 is 9.53 Å². The molecule has 3 nitrogen and oxygen atoms in total. The number of hydrogen-bond acceptors (Lipinski definition) is 3. The third-order valence-corrected chi connectivity index (χ3v) is 2.91. The van der Waals surface area contributed by atoms with Gasteiger partial charge in [-0.15, -0.1) is 0 Å². The fraction of sp³-hybridized carbons (Fsp3) is 0.188. The number of rotatable bonds is 4. The van der Waals surface area contributed by atoms with Gasteiger partial charge in [-0.3, -0.25) is 4.79 Å². The molecule has 1 unspecified atom stereocenters. The lowest BCUT2D eigenvalue weighted by Gasteiger charge is -2.13. The summed E-state index contributed by atoms with van der Waals surface area (Å²) in [6, 6.07) is 16.9. The van der Waals surface area contributed by atoms with Crippen LogP contribution in [0.25, 0.3) is 0 Å². The Balaban J connectivity index is 1.93. The fourth-order valence-electron chi connectivity index (χ4n) is 1.83. The highest BCUT2D eigenvalue weighted by atomic mass is 16.5. The largest absolute Gasteiger partial charge is 0.458 e. The van der Waals surface area contributed by atoms with E-state index < -0.39 is 0 Å². The Kier molecular flexibility index (Phi) is 4.18. The molecular formula is C16H17NO2. The van der Waals surface area contributed by atoms with Crippen LogP contribution in [0, 0.1) is 0 Å². The molecule has 0 spiro atoms. The average molecular weight is 255 g/mol. The standard InChI is InChI=1S/C16H17NO2/c1-12(14-5-3-2-4-6-14)19-16(18)11-13-7-9-15(17)10-8-13/h2-10,12H,11,17H2,1H3. The number of benzene rings is 2. The summed E-state index contributed by atoms with van der Waals surface area (Å²) in [6.07, 6.45) is 0.0275. The monoisotopic (exact) mass is 255 g/mol. The van der Waals surface area contributed by atoms with Crippen LogP contribution < -0.4 is 5.73 Å². The second-order valence-corrected chi connectivity index (χ2v) is 4.46. The van der Waals surface area contributed by atoms with Gasteiger partial charge in [0.15, 0.2) is 0 Å². The van der Waals surface area contributed by atoms with Crippen molar-refractivity contribution >= 4 is 11.7 Å². The molecule has 2 aromatic rings. The van der Waals surface area contributed by atoms with Crippen molar-refractivity contribution in [1.82, 2.24) is 0 Å². The molecule has 0 heterocycles. The average Bonchev–Trinajstić information content (AvgIpc) is 2.42. The van der Waals surface area contributed by atoms with Gasteiger partial charge in [-0.25, -0.2) is 0 Å². The fourth-order valence-corrected chi connectivity index (χ4v) is 1.83. The topological polar surface area (TPSA) is 52.3 Å². The van der Waals surface area contributed by atoms with Gasteiger partial charge in [-0.2, -0.15) is 0 Å². The predicted molar refractivity (Wildman–Crippen MR) is 75.5 cm³/mol. The second kappa shape index (κ2) is 6.05. The highest BCUT2D eigenvalue weighted by Crippen LogP contribution is 2.17. The van der Waals surface area contributed by atoms with Gasteiger partial charge in [-0.05, 0) is 30.2 Å². The number of ether oxygens (including phenoxy) is 1. The minimum absolute atomic E-state index is 0.234. The minimum Gasteiger partial charge on any atom is -0.458 e. The Labute approximate surface area is 113 Å². The van der Waals surface area contributed by atoms with Crippen LogP contribution in [0.5, 0.6) is 0 Å². The Morgan fingerprint density at radius 3 is 2.37 bits per heavy atom. The zero-order valence-electron chi connectivity index (χ0n) is 10.9. The first kappa shape index (κ1) is 13.1. The first-order valence-electron chi connectivity index (χ1n) is 6.24. The summed E-state index contributed by atoms with van der Waals surface area (Å²) in [7, 11) is 0. The molecule has 19 heavy (non-hydrogen) atoms. The zero-order valence-corrected chi connectivity index (χ0v) is 10.9. The summed E-state index contributed by atoms with van der Waals surface area (Å²) in [5.41, 5.74) is 8.18. The van der Waals surface area contributed by atoms with E-state index in [2.05, 4.69) is 0 Å². The van der Waals surface area contributed by atoms with E-state index in [1.165, 1.54) is 0 Å². The number of esters is 1. The van der Waals surface area contributed by atoms with E-state index in [-0.39, 0.29) is 18.5 Å². The van der Waals surface area contributed by atoms with E-state index in [1.807, 2.05) is 49.4 Å². The molecule has 2 rings (SSSR count). The number of anilines is 1. The lowest BCUT2D eigenvalue weighted by Crippen LogP contribution is -2.11. The zero-order chi connectivity index (χ0) is 13.7. The summed E-state index contributed by atoms with van der Waals surface area (Å²) in [5, 5.41) is 0.